The summed E-state index contributed by atoms with van der Waals surface area (Å²) >= 11 is 7.32. The van der Waals surface area contributed by atoms with E-state index < -0.39 is 9.84 Å². The highest BCUT2D eigenvalue weighted by molar-refractivity contribution is 7.90. The van der Waals surface area contributed by atoms with E-state index in [9.17, 15) is 13.2 Å². The van der Waals surface area contributed by atoms with Crippen LogP contribution in [0.4, 0.5) is 5.13 Å². The molecule has 5 nitrogen and oxygen atoms in total. The maximum absolute atomic E-state index is 12.9. The lowest BCUT2D eigenvalue weighted by Gasteiger charge is -2.18. The van der Waals surface area contributed by atoms with Crippen LogP contribution >= 0.6 is 22.9 Å². The van der Waals surface area contributed by atoms with Crippen LogP contribution in [0.2, 0.25) is 5.02 Å². The number of amides is 1. The van der Waals surface area contributed by atoms with Crippen molar-refractivity contribution in [3.05, 3.63) is 77.2 Å². The van der Waals surface area contributed by atoms with Crippen molar-refractivity contribution in [2.24, 2.45) is 0 Å². The lowest BCUT2D eigenvalue weighted by Crippen LogP contribution is -2.30. The average molecular weight is 433 g/mol. The van der Waals surface area contributed by atoms with Crippen LogP contribution in [0.3, 0.4) is 0 Å². The van der Waals surface area contributed by atoms with Crippen molar-refractivity contribution in [3.63, 3.8) is 0 Å². The molecule has 1 amide bonds. The van der Waals surface area contributed by atoms with Gasteiger partial charge in [0.2, 0.25) is 0 Å². The molecule has 0 fully saturated rings. The Morgan fingerprint density at radius 3 is 2.57 bits per heavy atom. The molecule has 0 saturated carbocycles. The van der Waals surface area contributed by atoms with E-state index in [0.29, 0.717) is 28.0 Å². The predicted molar refractivity (Wildman–Crippen MR) is 114 cm³/mol. The van der Waals surface area contributed by atoms with Crippen LogP contribution in [0.1, 0.15) is 10.4 Å². The summed E-state index contributed by atoms with van der Waals surface area (Å²) in [7, 11) is -3.26. The smallest absolute Gasteiger partial charge is 0.260 e. The van der Waals surface area contributed by atoms with Crippen LogP contribution in [0.15, 0.2) is 71.5 Å². The van der Waals surface area contributed by atoms with Crippen molar-refractivity contribution in [2.75, 3.05) is 17.7 Å². The van der Waals surface area contributed by atoms with Gasteiger partial charge in [-0.15, -0.1) is 17.9 Å². The summed E-state index contributed by atoms with van der Waals surface area (Å²) in [6, 6.07) is 13.2. The minimum absolute atomic E-state index is 0.226. The van der Waals surface area contributed by atoms with Crippen molar-refractivity contribution in [1.82, 2.24) is 4.98 Å². The van der Waals surface area contributed by atoms with E-state index in [0.717, 1.165) is 11.8 Å². The van der Waals surface area contributed by atoms with Crippen LogP contribution in [0, 0.1) is 0 Å². The number of halogens is 1. The first-order valence-corrected chi connectivity index (χ1v) is 11.4. The number of thiazole rings is 1. The number of hydrogen-bond donors (Lipinski definition) is 0. The number of carbonyl (C=O) groups is 1. The molecule has 144 valence electrons. The third-order valence-corrected chi connectivity index (χ3v) is 6.16. The molecule has 0 unspecified atom stereocenters. The molecule has 0 aliphatic heterocycles. The molecule has 2 aromatic carbocycles. The monoisotopic (exact) mass is 432 g/mol. The average Bonchev–Trinajstić information content (AvgIpc) is 3.15. The number of anilines is 1. The van der Waals surface area contributed by atoms with Crippen molar-refractivity contribution in [3.8, 4) is 11.3 Å². The van der Waals surface area contributed by atoms with Crippen LogP contribution in [0.5, 0.6) is 0 Å². The Bertz CT molecular complexity index is 1120. The molecule has 0 aliphatic rings. The fourth-order valence-electron chi connectivity index (χ4n) is 2.55. The van der Waals surface area contributed by atoms with Gasteiger partial charge in [-0.1, -0.05) is 35.9 Å². The second kappa shape index (κ2) is 8.26. The molecule has 0 radical (unpaired) electrons. The van der Waals surface area contributed by atoms with Crippen LogP contribution in [0.25, 0.3) is 11.3 Å². The zero-order valence-electron chi connectivity index (χ0n) is 15.0. The van der Waals surface area contributed by atoms with Gasteiger partial charge in [0.15, 0.2) is 15.0 Å². The number of nitrogens with zero attached hydrogens (tertiary/aromatic N) is 2. The molecule has 0 saturated heterocycles. The first kappa shape index (κ1) is 20.3. The van der Waals surface area contributed by atoms with Gasteiger partial charge in [0.05, 0.1) is 10.6 Å². The standard InChI is InChI=1S/C20H17ClN2O3S2/c1-3-11-23(19(24)15-5-4-6-16(21)12-15)20-22-18(13-27-20)14-7-9-17(10-8-14)28(2,25)26/h3-10,12-13H,1,11H2,2H3. The third kappa shape index (κ3) is 4.49. The number of carbonyl (C=O) groups excluding carboxylic acids is 1. The summed E-state index contributed by atoms with van der Waals surface area (Å²) in [6.07, 6.45) is 2.79. The molecule has 0 bridgehead atoms. The van der Waals surface area contributed by atoms with Gasteiger partial charge in [0.1, 0.15) is 0 Å². The molecular weight excluding hydrogens is 416 g/mol. The van der Waals surface area contributed by atoms with Gasteiger partial charge in [-0.3, -0.25) is 9.69 Å². The van der Waals surface area contributed by atoms with E-state index in [-0.39, 0.29) is 10.8 Å². The first-order valence-electron chi connectivity index (χ1n) is 8.24. The van der Waals surface area contributed by atoms with Gasteiger partial charge in [-0.2, -0.15) is 0 Å². The van der Waals surface area contributed by atoms with Crippen LogP contribution in [-0.4, -0.2) is 32.1 Å². The highest BCUT2D eigenvalue weighted by atomic mass is 35.5. The number of sulfone groups is 1. The quantitative estimate of drug-likeness (QED) is 0.529. The van der Waals surface area contributed by atoms with Crippen molar-refractivity contribution >= 4 is 43.8 Å². The Labute approximate surface area is 172 Å². The zero-order chi connectivity index (χ0) is 20.3. The van der Waals surface area contributed by atoms with E-state index in [1.165, 1.54) is 16.2 Å². The highest BCUT2D eigenvalue weighted by Crippen LogP contribution is 2.29. The van der Waals surface area contributed by atoms with Gasteiger partial charge >= 0.3 is 0 Å². The SMILES string of the molecule is C=CCN(C(=O)c1cccc(Cl)c1)c1nc(-c2ccc(S(C)(=O)=O)cc2)cs1. The van der Waals surface area contributed by atoms with E-state index in [4.69, 9.17) is 11.6 Å². The van der Waals surface area contributed by atoms with Gasteiger partial charge in [-0.25, -0.2) is 13.4 Å². The highest BCUT2D eigenvalue weighted by Gasteiger charge is 2.20. The normalized spacial score (nSPS) is 11.2. The number of aromatic nitrogens is 1. The second-order valence-corrected chi connectivity index (χ2v) is 9.32. The van der Waals surface area contributed by atoms with Crippen LogP contribution < -0.4 is 4.90 Å². The third-order valence-electron chi connectivity index (χ3n) is 3.93. The van der Waals surface area contributed by atoms with E-state index in [1.54, 1.807) is 54.6 Å². The van der Waals surface area contributed by atoms with Crippen molar-refractivity contribution < 1.29 is 13.2 Å². The van der Waals surface area contributed by atoms with Crippen LogP contribution in [-0.2, 0) is 9.84 Å². The molecule has 1 heterocycles. The number of rotatable bonds is 6. The summed E-state index contributed by atoms with van der Waals surface area (Å²) in [5.74, 6) is -0.226. The largest absolute Gasteiger partial charge is 0.280 e. The van der Waals surface area contributed by atoms with Gasteiger partial charge < -0.3 is 0 Å². The summed E-state index contributed by atoms with van der Waals surface area (Å²) in [6.45, 7) is 4.01. The molecule has 0 spiro atoms. The molecule has 0 N–H and O–H groups in total. The predicted octanol–water partition coefficient (Wildman–Crippen LogP) is 4.70. The zero-order valence-corrected chi connectivity index (χ0v) is 17.4. The van der Waals surface area contributed by atoms with Gasteiger partial charge in [-0.05, 0) is 30.3 Å². The fraction of sp³-hybridized carbons (Fsp3) is 0.100. The van der Waals surface area contributed by atoms with Crippen molar-refractivity contribution in [2.45, 2.75) is 4.90 Å². The lowest BCUT2D eigenvalue weighted by molar-refractivity contribution is 0.0989. The molecule has 8 heteroatoms. The molecular formula is C20H17ClN2O3S2. The van der Waals surface area contributed by atoms with Crippen molar-refractivity contribution in [1.29, 1.82) is 0 Å². The molecule has 1 aromatic heterocycles. The van der Waals surface area contributed by atoms with E-state index >= 15 is 0 Å². The second-order valence-electron chi connectivity index (χ2n) is 6.03. The summed E-state index contributed by atoms with van der Waals surface area (Å²) < 4.78 is 23.2. The molecule has 3 rings (SSSR count). The summed E-state index contributed by atoms with van der Waals surface area (Å²) in [5, 5.41) is 2.83. The molecule has 28 heavy (non-hydrogen) atoms. The molecule has 0 atom stereocenters. The topological polar surface area (TPSA) is 67.3 Å². The fourth-order valence-corrected chi connectivity index (χ4v) is 4.21. The van der Waals surface area contributed by atoms with Gasteiger partial charge in [0, 0.05) is 34.3 Å². The Hall–Kier alpha value is -2.48. The Morgan fingerprint density at radius 1 is 1.25 bits per heavy atom. The first-order chi connectivity index (χ1) is 13.3. The summed E-state index contributed by atoms with van der Waals surface area (Å²) in [5.41, 5.74) is 1.89. The van der Waals surface area contributed by atoms with Gasteiger partial charge in [0.25, 0.3) is 5.91 Å². The number of hydrogen-bond acceptors (Lipinski definition) is 5. The molecule has 0 aliphatic carbocycles. The Kier molecular flexibility index (Phi) is 5.98. The minimum Gasteiger partial charge on any atom is -0.280 e. The van der Waals surface area contributed by atoms with E-state index in [2.05, 4.69) is 11.6 Å². The minimum atomic E-state index is -3.26. The Balaban J connectivity index is 1.91. The number of benzene rings is 2. The van der Waals surface area contributed by atoms with E-state index in [1.807, 2.05) is 5.38 Å². The summed E-state index contributed by atoms with van der Waals surface area (Å²) in [4.78, 5) is 19.2. The Morgan fingerprint density at radius 2 is 1.96 bits per heavy atom. The lowest BCUT2D eigenvalue weighted by atomic mass is 10.2. The maximum Gasteiger partial charge on any atom is 0.260 e. The molecule has 3 aromatic rings. The maximum atomic E-state index is 12.9.